The van der Waals surface area contributed by atoms with E-state index in [1.54, 1.807) is 0 Å². The Kier molecular flexibility index (Phi) is 12.7. The maximum Gasteiger partial charge on any atom is 0.127 e. The fourth-order valence-electron chi connectivity index (χ4n) is 6.46. The first-order valence-corrected chi connectivity index (χ1v) is 19.9. The summed E-state index contributed by atoms with van der Waals surface area (Å²) in [6.45, 7) is 8.93. The van der Waals surface area contributed by atoms with Gasteiger partial charge in [-0.2, -0.15) is 0 Å². The fraction of sp³-hybridized carbons (Fsp3) is 0.217. The lowest BCUT2D eigenvalue weighted by molar-refractivity contribution is -0.0753. The van der Waals surface area contributed by atoms with Crippen molar-refractivity contribution in [2.24, 2.45) is 0 Å². The van der Waals surface area contributed by atoms with E-state index in [2.05, 4.69) is 96.0 Å². The van der Waals surface area contributed by atoms with Gasteiger partial charge in [0.15, 0.2) is 0 Å². The normalized spacial score (nSPS) is 13.0. The van der Waals surface area contributed by atoms with Crippen LogP contribution in [0.2, 0.25) is 10.0 Å². The van der Waals surface area contributed by atoms with Crippen LogP contribution >= 0.6 is 55.1 Å². The number of ether oxygens (including phenoxy) is 3. The molecule has 6 rings (SSSR count). The van der Waals surface area contributed by atoms with E-state index in [1.807, 2.05) is 109 Å². The molecule has 0 aliphatic rings. The summed E-state index contributed by atoms with van der Waals surface area (Å²) in [5.74, 6) is 3.12. The first-order valence-electron chi connectivity index (χ1n) is 17.6. The van der Waals surface area contributed by atoms with E-state index in [-0.39, 0.29) is 12.2 Å². The van der Waals surface area contributed by atoms with Crippen molar-refractivity contribution in [3.8, 4) is 23.0 Å². The van der Waals surface area contributed by atoms with Gasteiger partial charge in [-0.25, -0.2) is 0 Å². The van der Waals surface area contributed by atoms with Gasteiger partial charge in [-0.05, 0) is 140 Å². The minimum absolute atomic E-state index is 0.286. The SMILES string of the molecule is CC(C)(c1ccc(Br)c(Cl)c1)C(Cc1cccc(Oc2ccccc2)c1)OC(Cc1cccc(Oc2ccccc2)c1)C(C)(C)c1ccc(Br)c(Cl)c1. The average molecular weight is 874 g/mol. The molecule has 0 saturated heterocycles. The van der Waals surface area contributed by atoms with Crippen molar-refractivity contribution in [2.75, 3.05) is 0 Å². The van der Waals surface area contributed by atoms with Gasteiger partial charge in [-0.3, -0.25) is 0 Å². The van der Waals surface area contributed by atoms with Gasteiger partial charge in [-0.1, -0.05) is 124 Å². The molecule has 6 aromatic carbocycles. The Bertz CT molecular complexity index is 1980. The van der Waals surface area contributed by atoms with Gasteiger partial charge in [0, 0.05) is 19.8 Å². The van der Waals surface area contributed by atoms with Crippen LogP contribution in [0, 0.1) is 0 Å². The summed E-state index contributed by atoms with van der Waals surface area (Å²) >= 11 is 20.6. The quantitative estimate of drug-likeness (QED) is 0.109. The zero-order chi connectivity index (χ0) is 37.6. The molecule has 0 aliphatic heterocycles. The summed E-state index contributed by atoms with van der Waals surface area (Å²) in [7, 11) is 0. The van der Waals surface area contributed by atoms with Gasteiger partial charge in [0.05, 0.1) is 22.3 Å². The van der Waals surface area contributed by atoms with Gasteiger partial charge >= 0.3 is 0 Å². The second-order valence-corrected chi connectivity index (χ2v) is 16.9. The lowest BCUT2D eigenvalue weighted by Gasteiger charge is -2.43. The molecule has 0 heterocycles. The fourth-order valence-corrected chi connectivity index (χ4v) is 7.31. The first-order chi connectivity index (χ1) is 25.4. The molecule has 2 atom stereocenters. The Morgan fingerprint density at radius 2 is 0.849 bits per heavy atom. The maximum absolute atomic E-state index is 7.56. The van der Waals surface area contributed by atoms with Crippen LogP contribution in [0.5, 0.6) is 23.0 Å². The van der Waals surface area contributed by atoms with Crippen molar-refractivity contribution in [1.82, 2.24) is 0 Å². The Morgan fingerprint density at radius 1 is 0.472 bits per heavy atom. The van der Waals surface area contributed by atoms with Crippen molar-refractivity contribution >= 4 is 55.1 Å². The molecular formula is C46H42Br2Cl2O3. The summed E-state index contributed by atoms with van der Waals surface area (Å²) in [4.78, 5) is 0. The summed E-state index contributed by atoms with van der Waals surface area (Å²) in [6, 6.07) is 48.6. The molecule has 0 saturated carbocycles. The summed E-state index contributed by atoms with van der Waals surface area (Å²) in [6.07, 6.45) is 0.672. The number of para-hydroxylation sites is 2. The van der Waals surface area contributed by atoms with E-state index in [1.165, 1.54) is 0 Å². The topological polar surface area (TPSA) is 27.7 Å². The number of rotatable bonds is 14. The maximum atomic E-state index is 7.56. The number of hydrogen-bond acceptors (Lipinski definition) is 3. The van der Waals surface area contributed by atoms with E-state index in [9.17, 15) is 0 Å². The molecule has 272 valence electrons. The monoisotopic (exact) mass is 870 g/mol. The molecule has 0 amide bonds. The Morgan fingerprint density at radius 3 is 1.23 bits per heavy atom. The molecule has 0 aromatic heterocycles. The zero-order valence-electron chi connectivity index (χ0n) is 30.2. The van der Waals surface area contributed by atoms with E-state index >= 15 is 0 Å². The van der Waals surface area contributed by atoms with Gasteiger partial charge in [0.1, 0.15) is 23.0 Å². The second-order valence-electron chi connectivity index (χ2n) is 14.3. The summed E-state index contributed by atoms with van der Waals surface area (Å²) < 4.78 is 21.8. The van der Waals surface area contributed by atoms with Gasteiger partial charge in [0.25, 0.3) is 0 Å². The third kappa shape index (κ3) is 9.95. The Hall–Kier alpha value is -3.58. The minimum atomic E-state index is -0.468. The lowest BCUT2D eigenvalue weighted by Crippen LogP contribution is -2.46. The molecule has 0 fully saturated rings. The van der Waals surface area contributed by atoms with Crippen LogP contribution < -0.4 is 9.47 Å². The van der Waals surface area contributed by atoms with Crippen LogP contribution in [0.15, 0.2) is 155 Å². The summed E-state index contributed by atoms with van der Waals surface area (Å²) in [5.41, 5.74) is 3.42. The molecule has 0 bridgehead atoms. The van der Waals surface area contributed by atoms with E-state index in [4.69, 9.17) is 37.4 Å². The van der Waals surface area contributed by atoms with Crippen molar-refractivity contribution in [1.29, 1.82) is 0 Å². The number of hydrogen-bond donors (Lipinski definition) is 0. The van der Waals surface area contributed by atoms with E-state index in [0.717, 1.165) is 54.2 Å². The predicted octanol–water partition coefficient (Wildman–Crippen LogP) is 14.6. The minimum Gasteiger partial charge on any atom is -0.457 e. The van der Waals surface area contributed by atoms with Crippen molar-refractivity contribution < 1.29 is 14.2 Å². The van der Waals surface area contributed by atoms with Crippen molar-refractivity contribution in [2.45, 2.75) is 63.6 Å². The molecule has 0 aliphatic carbocycles. The lowest BCUT2D eigenvalue weighted by atomic mass is 9.74. The molecule has 2 unspecified atom stereocenters. The third-order valence-corrected chi connectivity index (χ3v) is 12.3. The van der Waals surface area contributed by atoms with E-state index in [0.29, 0.717) is 22.9 Å². The Balaban J connectivity index is 1.40. The number of halogens is 4. The van der Waals surface area contributed by atoms with E-state index < -0.39 is 10.8 Å². The first kappa shape index (κ1) is 39.1. The highest BCUT2D eigenvalue weighted by Gasteiger charge is 2.40. The van der Waals surface area contributed by atoms with Gasteiger partial charge < -0.3 is 14.2 Å². The Labute approximate surface area is 340 Å². The van der Waals surface area contributed by atoms with Crippen LogP contribution in [0.4, 0.5) is 0 Å². The highest BCUT2D eigenvalue weighted by molar-refractivity contribution is 9.10. The highest BCUT2D eigenvalue weighted by atomic mass is 79.9. The molecule has 0 radical (unpaired) electrons. The standard InChI is InChI=1S/C46H42Br2Cl2O3/c1-45(2,33-21-23-39(47)41(49)29-33)43(27-31-13-11-19-37(25-31)51-35-15-7-5-8-16-35)53-44(46(3,4)34-22-24-40(48)42(50)30-34)28-32-14-12-20-38(26-32)52-36-17-9-6-10-18-36/h5-26,29-30,43-44H,27-28H2,1-4H3. The molecule has 0 N–H and O–H groups in total. The molecule has 3 nitrogen and oxygen atoms in total. The predicted molar refractivity (Wildman–Crippen MR) is 226 cm³/mol. The van der Waals surface area contributed by atoms with Crippen LogP contribution in [0.25, 0.3) is 0 Å². The molecular weight excluding hydrogens is 831 g/mol. The molecule has 7 heteroatoms. The third-order valence-electron chi connectivity index (χ3n) is 9.86. The van der Waals surface area contributed by atoms with Gasteiger partial charge in [-0.15, -0.1) is 0 Å². The van der Waals surface area contributed by atoms with Crippen LogP contribution in [-0.4, -0.2) is 12.2 Å². The molecule has 53 heavy (non-hydrogen) atoms. The zero-order valence-corrected chi connectivity index (χ0v) is 34.8. The van der Waals surface area contributed by atoms with Crippen molar-refractivity contribution in [3.63, 3.8) is 0 Å². The molecule has 0 spiro atoms. The smallest absolute Gasteiger partial charge is 0.127 e. The molecule has 6 aromatic rings. The van der Waals surface area contributed by atoms with Gasteiger partial charge in [0.2, 0.25) is 0 Å². The van der Waals surface area contributed by atoms with Crippen LogP contribution in [0.3, 0.4) is 0 Å². The van der Waals surface area contributed by atoms with Crippen LogP contribution in [-0.2, 0) is 28.4 Å². The van der Waals surface area contributed by atoms with Crippen LogP contribution in [0.1, 0.15) is 49.9 Å². The average Bonchev–Trinajstić information content (AvgIpc) is 3.14. The highest BCUT2D eigenvalue weighted by Crippen LogP contribution is 2.41. The number of benzene rings is 6. The van der Waals surface area contributed by atoms with Crippen molar-refractivity contribution in [3.05, 3.63) is 187 Å². The largest absolute Gasteiger partial charge is 0.457 e. The summed E-state index contributed by atoms with van der Waals surface area (Å²) in [5, 5.41) is 1.31. The second kappa shape index (κ2) is 17.3.